The average molecular weight is 691 g/mol. The van der Waals surface area contributed by atoms with E-state index in [9.17, 15) is 14.4 Å². The molecule has 11 nitrogen and oxygen atoms in total. The number of aromatic nitrogens is 3. The normalized spacial score (nSPS) is 18.6. The van der Waals surface area contributed by atoms with Crippen molar-refractivity contribution in [1.82, 2.24) is 29.7 Å². The van der Waals surface area contributed by atoms with E-state index in [2.05, 4.69) is 37.4 Å². The van der Waals surface area contributed by atoms with Crippen LogP contribution in [0.4, 0.5) is 4.79 Å². The van der Waals surface area contributed by atoms with Gasteiger partial charge in [-0.15, -0.1) is 0 Å². The first-order valence-electron chi connectivity index (χ1n) is 12.7. The van der Waals surface area contributed by atoms with Gasteiger partial charge in [0.1, 0.15) is 5.60 Å². The summed E-state index contributed by atoms with van der Waals surface area (Å²) in [6.45, 7) is 7.41. The molecular weight excluding hydrogens is 658 g/mol. The summed E-state index contributed by atoms with van der Waals surface area (Å²) in [7, 11) is 1.53. The number of pyridine rings is 1. The van der Waals surface area contributed by atoms with Crippen LogP contribution in [0.3, 0.4) is 0 Å². The zero-order valence-corrected chi connectivity index (χ0v) is 26.3. The van der Waals surface area contributed by atoms with Gasteiger partial charge in [0.05, 0.1) is 30.4 Å². The fourth-order valence-corrected chi connectivity index (χ4v) is 6.39. The summed E-state index contributed by atoms with van der Waals surface area (Å²) in [6, 6.07) is 3.37. The van der Waals surface area contributed by atoms with E-state index in [4.69, 9.17) is 21.1 Å². The van der Waals surface area contributed by atoms with E-state index in [1.165, 1.54) is 13.3 Å². The molecule has 2 aliphatic rings. The van der Waals surface area contributed by atoms with E-state index >= 15 is 0 Å². The molecule has 0 radical (unpaired) electrons. The molecule has 39 heavy (non-hydrogen) atoms. The minimum atomic E-state index is -0.556. The lowest BCUT2D eigenvalue weighted by atomic mass is 9.95. The number of likely N-dealkylation sites (tertiary alicyclic amines) is 2. The molecule has 3 amide bonds. The van der Waals surface area contributed by atoms with Gasteiger partial charge in [-0.1, -0.05) is 11.6 Å². The lowest BCUT2D eigenvalue weighted by Crippen LogP contribution is -2.46. The van der Waals surface area contributed by atoms with Crippen LogP contribution in [0.5, 0.6) is 5.88 Å². The lowest BCUT2D eigenvalue weighted by molar-refractivity contribution is -0.127. The maximum atomic E-state index is 13.3. The highest BCUT2D eigenvalue weighted by Crippen LogP contribution is 2.36. The van der Waals surface area contributed by atoms with E-state index in [-0.39, 0.29) is 36.2 Å². The van der Waals surface area contributed by atoms with Crippen LogP contribution in [-0.2, 0) is 9.53 Å². The molecule has 4 rings (SSSR count). The van der Waals surface area contributed by atoms with E-state index in [1.54, 1.807) is 26.4 Å². The Hall–Kier alpha value is -2.18. The van der Waals surface area contributed by atoms with Crippen molar-refractivity contribution in [3.63, 3.8) is 0 Å². The molecule has 2 aromatic heterocycles. The molecule has 2 atom stereocenters. The minimum absolute atomic E-state index is 0.0305. The molecule has 0 saturated carbocycles. The minimum Gasteiger partial charge on any atom is -0.481 e. The molecule has 0 aliphatic carbocycles. The molecule has 0 aromatic carbocycles. The van der Waals surface area contributed by atoms with E-state index in [0.717, 1.165) is 0 Å². The summed E-state index contributed by atoms with van der Waals surface area (Å²) in [5.74, 6) is 0.0283. The van der Waals surface area contributed by atoms with Crippen LogP contribution < -0.4 is 10.1 Å². The molecule has 14 heteroatoms. The summed E-state index contributed by atoms with van der Waals surface area (Å²) in [4.78, 5) is 46.1. The number of nitrogens with zero attached hydrogens (tertiary/aromatic N) is 5. The average Bonchev–Trinajstić information content (AvgIpc) is 3.55. The highest BCUT2D eigenvalue weighted by Gasteiger charge is 2.34. The molecule has 0 spiro atoms. The first-order chi connectivity index (χ1) is 18.5. The van der Waals surface area contributed by atoms with Crippen LogP contribution in [0.1, 0.15) is 50.5 Å². The van der Waals surface area contributed by atoms with Gasteiger partial charge in [-0.25, -0.2) is 14.2 Å². The van der Waals surface area contributed by atoms with Gasteiger partial charge in [0.2, 0.25) is 11.8 Å². The van der Waals surface area contributed by atoms with Crippen molar-refractivity contribution in [3.8, 4) is 17.1 Å². The van der Waals surface area contributed by atoms with Crippen molar-refractivity contribution in [2.75, 3.05) is 33.3 Å². The molecule has 212 valence electrons. The number of rotatable bonds is 6. The lowest BCUT2D eigenvalue weighted by Gasteiger charge is -2.31. The van der Waals surface area contributed by atoms with Crippen LogP contribution in [0.15, 0.2) is 18.3 Å². The quantitative estimate of drug-likeness (QED) is 0.353. The van der Waals surface area contributed by atoms with E-state index in [0.29, 0.717) is 73.3 Å². The first kappa shape index (κ1) is 29.8. The molecule has 1 N–H and O–H groups in total. The van der Waals surface area contributed by atoms with Crippen LogP contribution in [0.25, 0.3) is 11.3 Å². The van der Waals surface area contributed by atoms with E-state index in [1.807, 2.05) is 20.8 Å². The number of carbonyl (C=O) groups excluding carboxylic acids is 3. The third-order valence-corrected chi connectivity index (χ3v) is 8.84. The van der Waals surface area contributed by atoms with Gasteiger partial charge < -0.3 is 24.6 Å². The van der Waals surface area contributed by atoms with Gasteiger partial charge in [-0.05, 0) is 68.1 Å². The Kier molecular flexibility index (Phi) is 9.59. The zero-order valence-electron chi connectivity index (χ0n) is 22.4. The molecule has 2 aliphatic heterocycles. The number of halogens is 2. The van der Waals surface area contributed by atoms with Gasteiger partial charge in [-0.3, -0.25) is 9.59 Å². The number of ether oxygens (including phenoxy) is 2. The van der Waals surface area contributed by atoms with Gasteiger partial charge >= 0.3 is 6.09 Å². The van der Waals surface area contributed by atoms with Gasteiger partial charge in [0.25, 0.3) is 5.91 Å². The number of nitrogens with one attached hydrogen (secondary N) is 1. The maximum absolute atomic E-state index is 13.3. The fourth-order valence-electron chi connectivity index (χ4n) is 4.67. The van der Waals surface area contributed by atoms with Crippen molar-refractivity contribution in [3.05, 3.63) is 29.0 Å². The number of piperidine rings is 1. The zero-order chi connectivity index (χ0) is 28.3. The Morgan fingerprint density at radius 2 is 1.82 bits per heavy atom. The Morgan fingerprint density at radius 1 is 1.13 bits per heavy atom. The molecule has 0 bridgehead atoms. The fraction of sp³-hybridized carbons (Fsp3) is 0.560. The molecule has 2 aromatic rings. The Labute approximate surface area is 247 Å². The van der Waals surface area contributed by atoms with Crippen molar-refractivity contribution < 1.29 is 23.9 Å². The van der Waals surface area contributed by atoms with Crippen molar-refractivity contribution in [1.29, 1.82) is 0 Å². The van der Waals surface area contributed by atoms with E-state index < -0.39 is 5.60 Å². The summed E-state index contributed by atoms with van der Waals surface area (Å²) in [6.07, 6.45) is 3.24. The van der Waals surface area contributed by atoms with Gasteiger partial charge in [-0.2, -0.15) is 5.10 Å². The number of amides is 3. The largest absolute Gasteiger partial charge is 0.481 e. The second-order valence-electron chi connectivity index (χ2n) is 10.6. The standard InChI is InChI=1S/C25H33ClIN6O5P/c1-25(2,3)38-24(36)32-10-7-16(14-32)29-22(34)15-5-8-31(9-6-15)23(35)19-12-20(33(30-19)39-27)17-11-21(37-4)28-13-18(17)26/h11-13,15-16,39H,5-10,14H2,1-4H3,(H,29,34). The molecule has 2 fully saturated rings. The molecule has 2 unspecified atom stereocenters. The number of methoxy groups -OCH3 is 1. The van der Waals surface area contributed by atoms with Crippen molar-refractivity contribution in [2.45, 2.75) is 51.7 Å². The Bertz CT molecular complexity index is 1230. The predicted molar refractivity (Wildman–Crippen MR) is 158 cm³/mol. The predicted octanol–water partition coefficient (Wildman–Crippen LogP) is 4.38. The van der Waals surface area contributed by atoms with Crippen LogP contribution in [-0.4, -0.2) is 87.2 Å². The Balaban J connectivity index is 1.32. The van der Waals surface area contributed by atoms with Crippen LogP contribution >= 0.6 is 40.0 Å². The third-order valence-electron chi connectivity index (χ3n) is 6.66. The number of carbonyl (C=O) groups is 3. The van der Waals surface area contributed by atoms with Crippen LogP contribution in [0.2, 0.25) is 5.02 Å². The second kappa shape index (κ2) is 12.6. The van der Waals surface area contributed by atoms with Crippen molar-refractivity contribution in [2.24, 2.45) is 5.92 Å². The topological polar surface area (TPSA) is 119 Å². The van der Waals surface area contributed by atoms with Gasteiger partial charge in [0.15, 0.2) is 5.69 Å². The SMILES string of the molecule is COc1cc(-c2cc(C(=O)N3CCC(C(=O)NC4CCN(C(=O)OC(C)(C)C)C4)CC3)nn2PI)c(Cl)cn1. The monoisotopic (exact) mass is 690 g/mol. The summed E-state index contributed by atoms with van der Waals surface area (Å²) >= 11 is 8.60. The van der Waals surface area contributed by atoms with Gasteiger partial charge in [0, 0.05) is 49.8 Å². The molecule has 4 heterocycles. The number of hydrogen-bond donors (Lipinski definition) is 1. The first-order valence-corrected chi connectivity index (χ1v) is 17.2. The number of hydrogen-bond acceptors (Lipinski definition) is 7. The third kappa shape index (κ3) is 7.32. The Morgan fingerprint density at radius 3 is 2.46 bits per heavy atom. The van der Waals surface area contributed by atoms with Crippen molar-refractivity contribution >= 4 is 57.9 Å². The van der Waals surface area contributed by atoms with Crippen LogP contribution in [0, 0.1) is 5.92 Å². The summed E-state index contributed by atoms with van der Waals surface area (Å²) < 4.78 is 12.4. The molecule has 2 saturated heterocycles. The summed E-state index contributed by atoms with van der Waals surface area (Å²) in [5.41, 5.74) is 1.17. The second-order valence-corrected chi connectivity index (χ2v) is 13.1. The smallest absolute Gasteiger partial charge is 0.410 e. The molecular formula is C25H33ClIN6O5P. The highest BCUT2D eigenvalue weighted by molar-refractivity contribution is 14.2. The maximum Gasteiger partial charge on any atom is 0.410 e. The summed E-state index contributed by atoms with van der Waals surface area (Å²) in [5, 5.41) is 8.06. The highest BCUT2D eigenvalue weighted by atomic mass is 127.